The molecule has 3 aliphatic rings. The second kappa shape index (κ2) is 8.58. The van der Waals surface area contributed by atoms with E-state index in [1.165, 1.54) is 0 Å². The SMILES string of the molecule is CCn1ccc2c(OC(C)C)cc(C(=O)N3C[C@@H]4[C@H]5CN(C(=O)c6ccc7n[nH]nc7c6)C[C@H]5[C@@H]4C3)cc21. The van der Waals surface area contributed by atoms with Crippen LogP contribution in [0.15, 0.2) is 42.6 Å². The predicted molar refractivity (Wildman–Crippen MR) is 143 cm³/mol. The monoisotopic (exact) mass is 512 g/mol. The highest BCUT2D eigenvalue weighted by Crippen LogP contribution is 2.54. The maximum atomic E-state index is 13.7. The van der Waals surface area contributed by atoms with Gasteiger partial charge in [-0.3, -0.25) is 9.59 Å². The molecule has 9 heteroatoms. The summed E-state index contributed by atoms with van der Waals surface area (Å²) in [6.07, 6.45) is 2.08. The summed E-state index contributed by atoms with van der Waals surface area (Å²) in [5.41, 5.74) is 3.84. The summed E-state index contributed by atoms with van der Waals surface area (Å²) in [4.78, 5) is 31.0. The molecule has 4 aromatic rings. The van der Waals surface area contributed by atoms with Gasteiger partial charge in [0.2, 0.25) is 0 Å². The second-order valence-corrected chi connectivity index (χ2v) is 11.3. The van der Waals surface area contributed by atoms with Crippen LogP contribution in [0.3, 0.4) is 0 Å². The summed E-state index contributed by atoms with van der Waals surface area (Å²) in [5.74, 6) is 2.72. The molecule has 2 saturated heterocycles. The Morgan fingerprint density at radius 2 is 1.53 bits per heavy atom. The van der Waals surface area contributed by atoms with E-state index in [9.17, 15) is 9.59 Å². The number of benzene rings is 2. The number of aryl methyl sites for hydroxylation is 1. The van der Waals surface area contributed by atoms with E-state index in [0.717, 1.165) is 54.9 Å². The van der Waals surface area contributed by atoms with Crippen molar-refractivity contribution >= 4 is 33.8 Å². The fourth-order valence-electron chi connectivity index (χ4n) is 7.06. The number of carbonyl (C=O) groups excluding carboxylic acids is 2. The van der Waals surface area contributed by atoms with Gasteiger partial charge in [-0.1, -0.05) is 0 Å². The van der Waals surface area contributed by atoms with Gasteiger partial charge in [-0.25, -0.2) is 0 Å². The molecule has 1 aliphatic carbocycles. The highest BCUT2D eigenvalue weighted by molar-refractivity contribution is 6.00. The Bertz CT molecular complexity index is 1550. The third-order valence-corrected chi connectivity index (χ3v) is 8.86. The van der Waals surface area contributed by atoms with Gasteiger partial charge >= 0.3 is 0 Å². The predicted octanol–water partition coefficient (Wildman–Crippen LogP) is 3.81. The van der Waals surface area contributed by atoms with Crippen LogP contribution in [0.5, 0.6) is 5.75 Å². The number of hydrogen-bond donors (Lipinski definition) is 1. The van der Waals surface area contributed by atoms with Crippen molar-refractivity contribution in [3.05, 3.63) is 53.7 Å². The zero-order valence-corrected chi connectivity index (χ0v) is 21.9. The molecule has 1 N–H and O–H groups in total. The van der Waals surface area contributed by atoms with Crippen LogP contribution in [0.25, 0.3) is 21.9 Å². The molecular weight excluding hydrogens is 480 g/mol. The lowest BCUT2D eigenvalue weighted by Crippen LogP contribution is -2.44. The first-order valence-electron chi connectivity index (χ1n) is 13.6. The standard InChI is InChI=1S/C29H32N6O3/c1-4-33-8-7-19-26(33)10-18(11-27(19)38-16(2)3)29(37)35-14-22-20-12-34(13-21(20)23(22)15-35)28(36)17-5-6-24-25(9-17)31-32-30-24/h5-11,16,20-23H,4,12-15H2,1-3H3,(H,30,31,32)/t20-,21+,22+,23-. The number of nitrogens with one attached hydrogen (secondary N) is 1. The van der Waals surface area contributed by atoms with E-state index in [-0.39, 0.29) is 17.9 Å². The van der Waals surface area contributed by atoms with Crippen molar-refractivity contribution in [1.82, 2.24) is 29.8 Å². The van der Waals surface area contributed by atoms with Crippen LogP contribution < -0.4 is 4.74 Å². The van der Waals surface area contributed by atoms with Crippen molar-refractivity contribution < 1.29 is 14.3 Å². The molecule has 0 spiro atoms. The minimum absolute atomic E-state index is 0.0269. The van der Waals surface area contributed by atoms with Crippen molar-refractivity contribution in [3.63, 3.8) is 0 Å². The molecule has 4 atom stereocenters. The molecule has 2 aromatic heterocycles. The Labute approximate surface area is 220 Å². The van der Waals surface area contributed by atoms with Crippen molar-refractivity contribution in [2.45, 2.75) is 33.4 Å². The van der Waals surface area contributed by atoms with Crippen LogP contribution >= 0.6 is 0 Å². The number of amides is 2. The average molecular weight is 513 g/mol. The van der Waals surface area contributed by atoms with Gasteiger partial charge in [-0.15, -0.1) is 0 Å². The van der Waals surface area contributed by atoms with Crippen LogP contribution in [0, 0.1) is 23.7 Å². The number of fused-ring (bicyclic) bond motifs is 6. The lowest BCUT2D eigenvalue weighted by molar-refractivity contribution is 0.0629. The summed E-state index contributed by atoms with van der Waals surface area (Å²) < 4.78 is 8.27. The minimum Gasteiger partial charge on any atom is -0.490 e. The molecule has 3 fully saturated rings. The Morgan fingerprint density at radius 1 is 0.895 bits per heavy atom. The number of hydrogen-bond acceptors (Lipinski definition) is 5. The number of rotatable bonds is 5. The smallest absolute Gasteiger partial charge is 0.254 e. The number of nitrogens with zero attached hydrogens (tertiary/aromatic N) is 5. The highest BCUT2D eigenvalue weighted by Gasteiger charge is 2.59. The van der Waals surface area contributed by atoms with E-state index in [1.807, 2.05) is 54.0 Å². The number of carbonyl (C=O) groups is 2. The first-order chi connectivity index (χ1) is 18.4. The van der Waals surface area contributed by atoms with E-state index >= 15 is 0 Å². The summed E-state index contributed by atoms with van der Waals surface area (Å²) >= 11 is 0. The van der Waals surface area contributed by atoms with E-state index in [2.05, 4.69) is 39.2 Å². The Balaban J connectivity index is 1.07. The van der Waals surface area contributed by atoms with Gasteiger partial charge < -0.3 is 19.1 Å². The number of likely N-dealkylation sites (tertiary alicyclic amines) is 2. The first kappa shape index (κ1) is 23.3. The lowest BCUT2D eigenvalue weighted by atomic mass is 9.60. The maximum Gasteiger partial charge on any atom is 0.254 e. The second-order valence-electron chi connectivity index (χ2n) is 11.3. The maximum absolute atomic E-state index is 13.7. The number of ether oxygens (including phenoxy) is 1. The number of aromatic nitrogens is 4. The first-order valence-corrected chi connectivity index (χ1v) is 13.6. The Kier molecular flexibility index (Phi) is 5.25. The molecular formula is C29H32N6O3. The van der Waals surface area contributed by atoms with Crippen molar-refractivity contribution in [3.8, 4) is 5.75 Å². The largest absolute Gasteiger partial charge is 0.490 e. The minimum atomic E-state index is 0.0269. The van der Waals surface area contributed by atoms with Crippen LogP contribution in [-0.4, -0.2) is 73.9 Å². The van der Waals surface area contributed by atoms with Gasteiger partial charge in [0.15, 0.2) is 0 Å². The van der Waals surface area contributed by atoms with Crippen molar-refractivity contribution in [2.75, 3.05) is 26.2 Å². The van der Waals surface area contributed by atoms with Crippen molar-refractivity contribution in [2.24, 2.45) is 23.7 Å². The van der Waals surface area contributed by atoms with Gasteiger partial charge in [0.1, 0.15) is 16.8 Å². The molecule has 0 bridgehead atoms. The fraction of sp³-hybridized carbons (Fsp3) is 0.448. The molecule has 196 valence electrons. The van der Waals surface area contributed by atoms with Crippen LogP contribution in [-0.2, 0) is 6.54 Å². The molecule has 2 amide bonds. The zero-order valence-electron chi connectivity index (χ0n) is 21.9. The number of H-pyrrole nitrogens is 1. The molecule has 7 rings (SSSR count). The molecule has 0 radical (unpaired) electrons. The summed E-state index contributed by atoms with van der Waals surface area (Å²) in [5, 5.41) is 11.8. The number of aromatic amines is 1. The summed E-state index contributed by atoms with van der Waals surface area (Å²) in [7, 11) is 0. The fourth-order valence-corrected chi connectivity index (χ4v) is 7.06. The molecule has 1 saturated carbocycles. The van der Waals surface area contributed by atoms with Gasteiger partial charge in [0.05, 0.1) is 11.6 Å². The molecule has 2 aliphatic heterocycles. The van der Waals surface area contributed by atoms with E-state index in [1.54, 1.807) is 0 Å². The third-order valence-electron chi connectivity index (χ3n) is 8.86. The van der Waals surface area contributed by atoms with E-state index in [4.69, 9.17) is 4.74 Å². The molecule has 2 aromatic carbocycles. The molecule has 38 heavy (non-hydrogen) atoms. The van der Waals surface area contributed by atoms with Gasteiger partial charge in [-0.2, -0.15) is 15.4 Å². The van der Waals surface area contributed by atoms with E-state index < -0.39 is 0 Å². The van der Waals surface area contributed by atoms with Crippen LogP contribution in [0.1, 0.15) is 41.5 Å². The summed E-state index contributed by atoms with van der Waals surface area (Å²) in [6, 6.07) is 11.5. The molecule has 0 unspecified atom stereocenters. The average Bonchev–Trinajstić information content (AvgIpc) is 3.69. The van der Waals surface area contributed by atoms with Crippen LogP contribution in [0.4, 0.5) is 0 Å². The van der Waals surface area contributed by atoms with Crippen molar-refractivity contribution in [1.29, 1.82) is 0 Å². The normalized spacial score (nSPS) is 24.2. The van der Waals surface area contributed by atoms with Crippen LogP contribution in [0.2, 0.25) is 0 Å². The van der Waals surface area contributed by atoms with Gasteiger partial charge in [-0.05, 0) is 80.8 Å². The quantitative estimate of drug-likeness (QED) is 0.439. The lowest BCUT2D eigenvalue weighted by Gasteiger charge is -2.42. The summed E-state index contributed by atoms with van der Waals surface area (Å²) in [6.45, 7) is 9.98. The van der Waals surface area contributed by atoms with Gasteiger partial charge in [0.25, 0.3) is 11.8 Å². The zero-order chi connectivity index (χ0) is 26.1. The van der Waals surface area contributed by atoms with Gasteiger partial charge in [0, 0.05) is 55.4 Å². The Hall–Kier alpha value is -3.88. The van der Waals surface area contributed by atoms with E-state index in [0.29, 0.717) is 40.3 Å². The topological polar surface area (TPSA) is 96.4 Å². The molecule has 4 heterocycles. The highest BCUT2D eigenvalue weighted by atomic mass is 16.5. The third kappa shape index (κ3) is 3.51. The molecule has 9 nitrogen and oxygen atoms in total. The Morgan fingerprint density at radius 3 is 2.16 bits per heavy atom.